The Morgan fingerprint density at radius 2 is 2.15 bits per heavy atom. The van der Waals surface area contributed by atoms with Gasteiger partial charge in [-0.15, -0.1) is 0 Å². The van der Waals surface area contributed by atoms with Gasteiger partial charge in [-0.1, -0.05) is 42.5 Å². The van der Waals surface area contributed by atoms with E-state index in [0.29, 0.717) is 24.6 Å². The first-order chi connectivity index (χ1) is 13.1. The summed E-state index contributed by atoms with van der Waals surface area (Å²) in [6.45, 7) is 0.612. The Labute approximate surface area is 157 Å². The number of H-pyrrole nitrogens is 1. The van der Waals surface area contributed by atoms with Gasteiger partial charge < -0.3 is 15.8 Å². The van der Waals surface area contributed by atoms with Crippen molar-refractivity contribution in [2.45, 2.75) is 19.3 Å². The van der Waals surface area contributed by atoms with E-state index >= 15 is 0 Å². The number of carboxylic acid groups (broad SMARTS) is 1. The molecule has 6 nitrogen and oxygen atoms in total. The maximum Gasteiger partial charge on any atom is 0.303 e. The van der Waals surface area contributed by atoms with E-state index in [4.69, 9.17) is 10.8 Å². The summed E-state index contributed by atoms with van der Waals surface area (Å²) >= 11 is 0. The third-order valence-electron chi connectivity index (χ3n) is 4.21. The zero-order valence-electron chi connectivity index (χ0n) is 14.9. The molecule has 3 rings (SSSR count). The van der Waals surface area contributed by atoms with Crippen LogP contribution in [0.25, 0.3) is 17.3 Å². The SMILES string of the molecule is NC(/C=C\c1ncc(-c2ccc(CCC(=O)O)cc2)[nH]1)=NCC1=CC=CC1. The molecule has 1 aromatic carbocycles. The summed E-state index contributed by atoms with van der Waals surface area (Å²) in [6, 6.07) is 7.78. The van der Waals surface area contributed by atoms with Gasteiger partial charge in [-0.2, -0.15) is 0 Å². The van der Waals surface area contributed by atoms with Crippen molar-refractivity contribution in [2.75, 3.05) is 6.54 Å². The Bertz CT molecular complexity index is 918. The molecule has 6 heteroatoms. The van der Waals surface area contributed by atoms with Gasteiger partial charge in [0.1, 0.15) is 11.7 Å². The van der Waals surface area contributed by atoms with Crippen LogP contribution in [0.15, 0.2) is 65.3 Å². The smallest absolute Gasteiger partial charge is 0.303 e. The fraction of sp³-hybridized carbons (Fsp3) is 0.190. The predicted octanol–water partition coefficient (Wildman–Crippen LogP) is 3.35. The molecule has 0 saturated heterocycles. The Hall–Kier alpha value is -3.41. The van der Waals surface area contributed by atoms with Crippen LogP contribution in [0.2, 0.25) is 0 Å². The lowest BCUT2D eigenvalue weighted by molar-refractivity contribution is -0.136. The number of hydrogen-bond acceptors (Lipinski definition) is 3. The molecule has 1 heterocycles. The van der Waals surface area contributed by atoms with E-state index in [1.165, 1.54) is 5.57 Å². The monoisotopic (exact) mass is 362 g/mol. The first-order valence-electron chi connectivity index (χ1n) is 8.79. The van der Waals surface area contributed by atoms with Gasteiger partial charge in [-0.05, 0) is 41.7 Å². The molecule has 1 aliphatic carbocycles. The number of benzene rings is 1. The van der Waals surface area contributed by atoms with Crippen molar-refractivity contribution < 1.29 is 9.90 Å². The van der Waals surface area contributed by atoms with Crippen LogP contribution in [0, 0.1) is 0 Å². The number of aryl methyl sites for hydroxylation is 1. The minimum Gasteiger partial charge on any atom is -0.481 e. The van der Waals surface area contributed by atoms with Gasteiger partial charge in [0, 0.05) is 6.42 Å². The molecule has 0 saturated carbocycles. The minimum atomic E-state index is -0.788. The summed E-state index contributed by atoms with van der Waals surface area (Å²) in [6.07, 6.45) is 13.1. The quantitative estimate of drug-likeness (QED) is 0.495. The van der Waals surface area contributed by atoms with E-state index in [1.807, 2.05) is 30.3 Å². The van der Waals surface area contributed by atoms with Crippen molar-refractivity contribution in [2.24, 2.45) is 10.7 Å². The van der Waals surface area contributed by atoms with E-state index in [-0.39, 0.29) is 6.42 Å². The van der Waals surface area contributed by atoms with Crippen LogP contribution >= 0.6 is 0 Å². The molecule has 4 N–H and O–H groups in total. The van der Waals surface area contributed by atoms with Gasteiger partial charge in [0.05, 0.1) is 18.4 Å². The summed E-state index contributed by atoms with van der Waals surface area (Å²) in [7, 11) is 0. The lowest BCUT2D eigenvalue weighted by Crippen LogP contribution is -2.08. The van der Waals surface area contributed by atoms with Crippen LogP contribution in [0.4, 0.5) is 0 Å². The number of rotatable bonds is 8. The molecular formula is C21H22N4O2. The highest BCUT2D eigenvalue weighted by molar-refractivity contribution is 5.94. The summed E-state index contributed by atoms with van der Waals surface area (Å²) in [4.78, 5) is 22.5. The van der Waals surface area contributed by atoms with Gasteiger partial charge in [0.2, 0.25) is 0 Å². The molecular weight excluding hydrogens is 340 g/mol. The van der Waals surface area contributed by atoms with Crippen LogP contribution < -0.4 is 5.73 Å². The predicted molar refractivity (Wildman–Crippen MR) is 107 cm³/mol. The first-order valence-corrected chi connectivity index (χ1v) is 8.79. The van der Waals surface area contributed by atoms with Gasteiger partial charge in [-0.25, -0.2) is 4.98 Å². The number of allylic oxidation sites excluding steroid dienone is 3. The van der Waals surface area contributed by atoms with Gasteiger partial charge >= 0.3 is 5.97 Å². The minimum absolute atomic E-state index is 0.134. The van der Waals surface area contributed by atoms with Crippen LogP contribution in [0.5, 0.6) is 0 Å². The Morgan fingerprint density at radius 1 is 1.33 bits per heavy atom. The van der Waals surface area contributed by atoms with E-state index in [0.717, 1.165) is 23.2 Å². The van der Waals surface area contributed by atoms with Gasteiger partial charge in [0.15, 0.2) is 0 Å². The molecule has 0 amide bonds. The average Bonchev–Trinajstić information content (AvgIpc) is 3.35. The van der Waals surface area contributed by atoms with Crippen LogP contribution in [-0.2, 0) is 11.2 Å². The number of aromatic amines is 1. The van der Waals surface area contributed by atoms with Crippen molar-refractivity contribution >= 4 is 17.9 Å². The number of nitrogens with two attached hydrogens (primary N) is 1. The van der Waals surface area contributed by atoms with Crippen molar-refractivity contribution in [3.8, 4) is 11.3 Å². The van der Waals surface area contributed by atoms with Crippen LogP contribution in [0.1, 0.15) is 24.2 Å². The standard InChI is InChI=1S/C21H22N4O2/c22-19(23-13-16-3-1-2-4-16)10-11-20-24-14-18(25-20)17-8-5-15(6-9-17)7-12-21(26)27/h1-3,5-6,8-11,14H,4,7,12-13H2,(H2,22,23)(H,24,25)(H,26,27)/b11-10-. The number of carbonyl (C=O) groups is 1. The van der Waals surface area contributed by atoms with Gasteiger partial charge in [-0.3, -0.25) is 9.79 Å². The van der Waals surface area contributed by atoms with Crippen molar-refractivity contribution in [3.05, 3.63) is 71.7 Å². The third kappa shape index (κ3) is 5.54. The normalized spacial score (nSPS) is 14.1. The molecule has 138 valence electrons. The van der Waals surface area contributed by atoms with E-state index in [1.54, 1.807) is 18.3 Å². The zero-order chi connectivity index (χ0) is 19.1. The summed E-state index contributed by atoms with van der Waals surface area (Å²) in [5.41, 5.74) is 10.0. The fourth-order valence-corrected chi connectivity index (χ4v) is 2.69. The highest BCUT2D eigenvalue weighted by atomic mass is 16.4. The Balaban J connectivity index is 1.59. The second-order valence-electron chi connectivity index (χ2n) is 6.30. The highest BCUT2D eigenvalue weighted by Crippen LogP contribution is 2.18. The molecule has 0 bridgehead atoms. The van der Waals surface area contributed by atoms with Crippen molar-refractivity contribution in [1.82, 2.24) is 9.97 Å². The topological polar surface area (TPSA) is 104 Å². The molecule has 1 aliphatic rings. The Kier molecular flexibility index (Phi) is 5.99. The number of aliphatic imine (C=N–C) groups is 1. The second kappa shape index (κ2) is 8.80. The summed E-state index contributed by atoms with van der Waals surface area (Å²) in [5, 5.41) is 8.75. The molecule has 2 aromatic rings. The molecule has 27 heavy (non-hydrogen) atoms. The highest BCUT2D eigenvalue weighted by Gasteiger charge is 2.04. The largest absolute Gasteiger partial charge is 0.481 e. The number of hydrogen-bond donors (Lipinski definition) is 3. The average molecular weight is 362 g/mol. The van der Waals surface area contributed by atoms with Crippen LogP contribution in [0.3, 0.4) is 0 Å². The summed E-state index contributed by atoms with van der Waals surface area (Å²) < 4.78 is 0. The molecule has 0 fully saturated rings. The third-order valence-corrected chi connectivity index (χ3v) is 4.21. The molecule has 0 radical (unpaired) electrons. The number of imidazole rings is 1. The molecule has 0 spiro atoms. The first kappa shape index (κ1) is 18.4. The molecule has 0 unspecified atom stereocenters. The number of amidine groups is 1. The lowest BCUT2D eigenvalue weighted by atomic mass is 10.1. The molecule has 1 aromatic heterocycles. The van der Waals surface area contributed by atoms with E-state index in [9.17, 15) is 4.79 Å². The second-order valence-corrected chi connectivity index (χ2v) is 6.30. The van der Waals surface area contributed by atoms with E-state index in [2.05, 4.69) is 27.1 Å². The lowest BCUT2D eigenvalue weighted by Gasteiger charge is -2.01. The summed E-state index contributed by atoms with van der Waals surface area (Å²) in [5.74, 6) is 0.368. The number of aromatic nitrogens is 2. The van der Waals surface area contributed by atoms with Crippen molar-refractivity contribution in [1.29, 1.82) is 0 Å². The maximum atomic E-state index is 10.6. The van der Waals surface area contributed by atoms with E-state index < -0.39 is 5.97 Å². The maximum absolute atomic E-state index is 10.6. The zero-order valence-corrected chi connectivity index (χ0v) is 14.9. The van der Waals surface area contributed by atoms with Gasteiger partial charge in [0.25, 0.3) is 0 Å². The van der Waals surface area contributed by atoms with Crippen molar-refractivity contribution in [3.63, 3.8) is 0 Å². The molecule has 0 aliphatic heterocycles. The number of nitrogens with zero attached hydrogens (tertiary/aromatic N) is 2. The number of carboxylic acids is 1. The Morgan fingerprint density at radius 3 is 2.85 bits per heavy atom. The fourth-order valence-electron chi connectivity index (χ4n) is 2.69. The van der Waals surface area contributed by atoms with Crippen LogP contribution in [-0.4, -0.2) is 33.4 Å². The molecule has 0 atom stereocenters. The number of aliphatic carboxylic acids is 1. The number of nitrogens with one attached hydrogen (secondary N) is 1.